The van der Waals surface area contributed by atoms with Crippen molar-refractivity contribution in [1.29, 1.82) is 0 Å². The number of hydrogen-bond donors (Lipinski definition) is 1. The van der Waals surface area contributed by atoms with Crippen molar-refractivity contribution in [3.05, 3.63) is 29.8 Å². The van der Waals surface area contributed by atoms with Gasteiger partial charge >= 0.3 is 0 Å². The first kappa shape index (κ1) is 16.8. The Kier molecular flexibility index (Phi) is 5.38. The van der Waals surface area contributed by atoms with Gasteiger partial charge in [-0.2, -0.15) is 0 Å². The quantitative estimate of drug-likeness (QED) is 0.813. The second-order valence-corrected chi connectivity index (χ2v) is 6.85. The van der Waals surface area contributed by atoms with Crippen molar-refractivity contribution in [2.75, 3.05) is 26.2 Å². The Hall–Kier alpha value is -2.04. The minimum atomic E-state index is -0.0826. The maximum absolute atomic E-state index is 12.3. The molecular formula is C19H26N2O3. The van der Waals surface area contributed by atoms with Crippen LogP contribution in [0.15, 0.2) is 24.3 Å². The van der Waals surface area contributed by atoms with E-state index in [-0.39, 0.29) is 23.7 Å². The molecular weight excluding hydrogens is 304 g/mol. The smallest absolute Gasteiger partial charge is 0.225 e. The van der Waals surface area contributed by atoms with E-state index in [9.17, 15) is 9.59 Å². The van der Waals surface area contributed by atoms with E-state index < -0.39 is 0 Å². The summed E-state index contributed by atoms with van der Waals surface area (Å²) in [5.41, 5.74) is 1.19. The van der Waals surface area contributed by atoms with Gasteiger partial charge in [-0.15, -0.1) is 0 Å². The molecule has 2 amide bonds. The van der Waals surface area contributed by atoms with Gasteiger partial charge < -0.3 is 15.0 Å². The number of carbonyl (C=O) groups excluding carboxylic acids is 2. The summed E-state index contributed by atoms with van der Waals surface area (Å²) in [6.45, 7) is 4.34. The Morgan fingerprint density at radius 2 is 1.92 bits per heavy atom. The van der Waals surface area contributed by atoms with Crippen molar-refractivity contribution in [1.82, 2.24) is 10.2 Å². The van der Waals surface area contributed by atoms with Gasteiger partial charge in [-0.25, -0.2) is 0 Å². The van der Waals surface area contributed by atoms with Crippen LogP contribution < -0.4 is 10.1 Å². The van der Waals surface area contributed by atoms with E-state index in [0.717, 1.165) is 38.0 Å². The number of likely N-dealkylation sites (tertiary alicyclic amines) is 1. The molecule has 1 saturated carbocycles. The van der Waals surface area contributed by atoms with Crippen molar-refractivity contribution >= 4 is 11.8 Å². The summed E-state index contributed by atoms with van der Waals surface area (Å²) in [6, 6.07) is 7.86. The van der Waals surface area contributed by atoms with Gasteiger partial charge in [-0.3, -0.25) is 9.59 Å². The topological polar surface area (TPSA) is 58.6 Å². The number of hydrogen-bond acceptors (Lipinski definition) is 3. The normalized spacial score (nSPS) is 20.5. The number of nitrogens with zero attached hydrogens (tertiary/aromatic N) is 1. The highest BCUT2D eigenvalue weighted by atomic mass is 16.5. The average Bonchev–Trinajstić information content (AvgIpc) is 3.44. The Labute approximate surface area is 143 Å². The Morgan fingerprint density at radius 1 is 1.17 bits per heavy atom. The third-order valence-corrected chi connectivity index (χ3v) is 4.72. The Morgan fingerprint density at radius 3 is 2.62 bits per heavy atom. The van der Waals surface area contributed by atoms with Crippen LogP contribution in [0.5, 0.6) is 5.75 Å². The van der Waals surface area contributed by atoms with Crippen LogP contribution in [-0.2, 0) is 9.59 Å². The molecule has 0 spiro atoms. The van der Waals surface area contributed by atoms with E-state index in [2.05, 4.69) is 5.32 Å². The standard InChI is InChI=1S/C19H26N2O3/c1-14-4-8-17(9-5-14)24-12-10-20-18(22)16-3-2-11-21(13-16)19(23)15-6-7-15/h4-5,8-9,15-16H,2-3,6-7,10-13H2,1H3,(H,20,22). The van der Waals surface area contributed by atoms with Gasteiger partial charge in [0, 0.05) is 19.0 Å². The maximum atomic E-state index is 12.3. The van der Waals surface area contributed by atoms with Crippen LogP contribution in [0.4, 0.5) is 0 Å². The van der Waals surface area contributed by atoms with Gasteiger partial charge in [0.15, 0.2) is 0 Å². The lowest BCUT2D eigenvalue weighted by atomic mass is 9.97. The van der Waals surface area contributed by atoms with Crippen LogP contribution in [0, 0.1) is 18.8 Å². The van der Waals surface area contributed by atoms with E-state index in [1.165, 1.54) is 5.56 Å². The van der Waals surface area contributed by atoms with Crippen LogP contribution in [0.3, 0.4) is 0 Å². The predicted molar refractivity (Wildman–Crippen MR) is 91.7 cm³/mol. The number of amides is 2. The largest absolute Gasteiger partial charge is 0.492 e. The van der Waals surface area contributed by atoms with Gasteiger partial charge in [-0.05, 0) is 44.7 Å². The molecule has 130 valence electrons. The van der Waals surface area contributed by atoms with Crippen LogP contribution in [0.1, 0.15) is 31.2 Å². The molecule has 24 heavy (non-hydrogen) atoms. The van der Waals surface area contributed by atoms with Gasteiger partial charge in [0.25, 0.3) is 0 Å². The zero-order valence-corrected chi connectivity index (χ0v) is 14.3. The van der Waals surface area contributed by atoms with E-state index in [1.54, 1.807) is 0 Å². The second-order valence-electron chi connectivity index (χ2n) is 6.85. The molecule has 1 heterocycles. The summed E-state index contributed by atoms with van der Waals surface area (Å²) in [7, 11) is 0. The number of carbonyl (C=O) groups is 2. The molecule has 3 rings (SSSR count). The van der Waals surface area contributed by atoms with E-state index >= 15 is 0 Å². The first-order valence-electron chi connectivity index (χ1n) is 8.89. The summed E-state index contributed by atoms with van der Waals surface area (Å²) in [5.74, 6) is 1.25. The fourth-order valence-corrected chi connectivity index (χ4v) is 3.10. The highest BCUT2D eigenvalue weighted by Gasteiger charge is 2.36. The monoisotopic (exact) mass is 330 g/mol. The van der Waals surface area contributed by atoms with Crippen molar-refractivity contribution in [2.45, 2.75) is 32.6 Å². The molecule has 1 N–H and O–H groups in total. The maximum Gasteiger partial charge on any atom is 0.225 e. The first-order chi connectivity index (χ1) is 11.6. The fourth-order valence-electron chi connectivity index (χ4n) is 3.10. The summed E-state index contributed by atoms with van der Waals surface area (Å²) < 4.78 is 5.62. The molecule has 2 fully saturated rings. The van der Waals surface area contributed by atoms with Gasteiger partial charge in [0.05, 0.1) is 12.5 Å². The van der Waals surface area contributed by atoms with Gasteiger partial charge in [0.1, 0.15) is 12.4 Å². The van der Waals surface area contributed by atoms with Crippen molar-refractivity contribution in [3.8, 4) is 5.75 Å². The molecule has 1 atom stereocenters. The number of benzene rings is 1. The van der Waals surface area contributed by atoms with Crippen molar-refractivity contribution in [2.24, 2.45) is 11.8 Å². The molecule has 0 radical (unpaired) electrons. The zero-order chi connectivity index (χ0) is 16.9. The number of piperidine rings is 1. The molecule has 1 aromatic carbocycles. The lowest BCUT2D eigenvalue weighted by Crippen LogP contribution is -2.46. The Bertz CT molecular complexity index is 581. The molecule has 1 unspecified atom stereocenters. The predicted octanol–water partition coefficient (Wildman–Crippen LogP) is 2.14. The number of aryl methyl sites for hydroxylation is 1. The number of ether oxygens (including phenoxy) is 1. The molecule has 2 aliphatic rings. The molecule has 5 nitrogen and oxygen atoms in total. The molecule has 1 aromatic rings. The summed E-state index contributed by atoms with van der Waals surface area (Å²) in [5, 5.41) is 2.94. The third-order valence-electron chi connectivity index (χ3n) is 4.72. The lowest BCUT2D eigenvalue weighted by Gasteiger charge is -2.32. The number of rotatable bonds is 6. The van der Waals surface area contributed by atoms with Crippen LogP contribution in [0.25, 0.3) is 0 Å². The lowest BCUT2D eigenvalue weighted by molar-refractivity contribution is -0.136. The molecule has 5 heteroatoms. The molecule has 0 bridgehead atoms. The van der Waals surface area contributed by atoms with Gasteiger partial charge in [0.2, 0.25) is 11.8 Å². The third kappa shape index (κ3) is 4.49. The van der Waals surface area contributed by atoms with E-state index in [0.29, 0.717) is 19.7 Å². The number of nitrogens with one attached hydrogen (secondary N) is 1. The Balaban J connectivity index is 1.38. The second kappa shape index (κ2) is 7.69. The van der Waals surface area contributed by atoms with Crippen LogP contribution in [0.2, 0.25) is 0 Å². The highest BCUT2D eigenvalue weighted by molar-refractivity contribution is 5.83. The fraction of sp³-hybridized carbons (Fsp3) is 0.579. The molecule has 1 aliphatic carbocycles. The molecule has 0 aromatic heterocycles. The van der Waals surface area contributed by atoms with Crippen LogP contribution in [-0.4, -0.2) is 43.0 Å². The summed E-state index contributed by atoms with van der Waals surface area (Å²) in [4.78, 5) is 26.3. The van der Waals surface area contributed by atoms with Crippen molar-refractivity contribution < 1.29 is 14.3 Å². The van der Waals surface area contributed by atoms with Crippen LogP contribution >= 0.6 is 0 Å². The van der Waals surface area contributed by atoms with Gasteiger partial charge in [-0.1, -0.05) is 17.7 Å². The van der Waals surface area contributed by atoms with E-state index in [4.69, 9.17) is 4.74 Å². The SMILES string of the molecule is Cc1ccc(OCCNC(=O)C2CCCN(C(=O)C3CC3)C2)cc1. The molecule has 1 saturated heterocycles. The summed E-state index contributed by atoms with van der Waals surface area (Å²) >= 11 is 0. The summed E-state index contributed by atoms with van der Waals surface area (Å²) in [6.07, 6.45) is 3.81. The van der Waals surface area contributed by atoms with E-state index in [1.807, 2.05) is 36.1 Å². The minimum absolute atomic E-state index is 0.0378. The highest BCUT2D eigenvalue weighted by Crippen LogP contribution is 2.32. The minimum Gasteiger partial charge on any atom is -0.492 e. The average molecular weight is 330 g/mol. The zero-order valence-electron chi connectivity index (χ0n) is 14.3. The van der Waals surface area contributed by atoms with Crippen molar-refractivity contribution in [3.63, 3.8) is 0 Å². The first-order valence-corrected chi connectivity index (χ1v) is 8.89. The molecule has 1 aliphatic heterocycles.